The number of methoxy groups -OCH3 is 2. The molecule has 1 saturated carbocycles. The molecule has 1 aliphatic rings. The first-order chi connectivity index (χ1) is 10.0. The molecule has 21 heavy (non-hydrogen) atoms. The first kappa shape index (κ1) is 16.1. The second-order valence-electron chi connectivity index (χ2n) is 6.09. The van der Waals surface area contributed by atoms with Crippen LogP contribution in [0.4, 0.5) is 0 Å². The van der Waals surface area contributed by atoms with Gasteiger partial charge in [0.05, 0.1) is 20.3 Å². The summed E-state index contributed by atoms with van der Waals surface area (Å²) in [5.41, 5.74) is 2.44. The van der Waals surface area contributed by atoms with Crippen molar-refractivity contribution in [1.29, 1.82) is 0 Å². The van der Waals surface area contributed by atoms with E-state index in [1.165, 1.54) is 11.1 Å². The van der Waals surface area contributed by atoms with Crippen LogP contribution in [0.2, 0.25) is 0 Å². The molecule has 0 aromatic heterocycles. The van der Waals surface area contributed by atoms with E-state index in [0.717, 1.165) is 43.9 Å². The topological polar surface area (TPSA) is 41.9 Å². The molecule has 1 aromatic rings. The molecule has 0 spiro atoms. The first-order valence-corrected chi connectivity index (χ1v) is 7.63. The van der Waals surface area contributed by atoms with Crippen LogP contribution in [-0.2, 0) is 6.54 Å². The third-order valence-corrected chi connectivity index (χ3v) is 4.45. The number of aliphatic hydroxyl groups excluding tert-OH is 1. The molecule has 2 unspecified atom stereocenters. The molecule has 1 aromatic carbocycles. The average Bonchev–Trinajstić information content (AvgIpc) is 2.85. The van der Waals surface area contributed by atoms with E-state index < -0.39 is 0 Å². The summed E-state index contributed by atoms with van der Waals surface area (Å²) >= 11 is 0. The summed E-state index contributed by atoms with van der Waals surface area (Å²) in [7, 11) is 5.43. The highest BCUT2D eigenvalue weighted by Crippen LogP contribution is 2.31. The molecule has 2 rings (SSSR count). The molecule has 0 heterocycles. The van der Waals surface area contributed by atoms with E-state index in [0.29, 0.717) is 5.92 Å². The number of hydrogen-bond acceptors (Lipinski definition) is 4. The van der Waals surface area contributed by atoms with E-state index in [1.54, 1.807) is 14.2 Å². The molecular formula is C17H27NO3. The fraction of sp³-hybridized carbons (Fsp3) is 0.647. The van der Waals surface area contributed by atoms with Crippen LogP contribution in [-0.4, -0.2) is 43.9 Å². The number of ether oxygens (including phenoxy) is 2. The second kappa shape index (κ2) is 7.14. The van der Waals surface area contributed by atoms with Gasteiger partial charge in [-0.3, -0.25) is 0 Å². The van der Waals surface area contributed by atoms with Crippen LogP contribution >= 0.6 is 0 Å². The average molecular weight is 293 g/mol. The SMILES string of the molecule is COc1cc(C)c(CN(C)CC2CCCC2O)cc1OC. The maximum Gasteiger partial charge on any atom is 0.161 e. The molecule has 0 saturated heterocycles. The van der Waals surface area contributed by atoms with Crippen LogP contribution in [0.5, 0.6) is 11.5 Å². The molecule has 0 amide bonds. The maximum atomic E-state index is 9.95. The number of rotatable bonds is 6. The van der Waals surface area contributed by atoms with E-state index in [9.17, 15) is 5.11 Å². The van der Waals surface area contributed by atoms with Crippen molar-refractivity contribution in [3.05, 3.63) is 23.3 Å². The summed E-state index contributed by atoms with van der Waals surface area (Å²) < 4.78 is 10.7. The van der Waals surface area contributed by atoms with Crippen molar-refractivity contribution in [2.24, 2.45) is 5.92 Å². The van der Waals surface area contributed by atoms with E-state index in [-0.39, 0.29) is 6.10 Å². The van der Waals surface area contributed by atoms with Crippen molar-refractivity contribution in [1.82, 2.24) is 4.90 Å². The van der Waals surface area contributed by atoms with E-state index >= 15 is 0 Å². The lowest BCUT2D eigenvalue weighted by molar-refractivity contribution is 0.108. The Hall–Kier alpha value is -1.26. The lowest BCUT2D eigenvalue weighted by Crippen LogP contribution is -2.29. The zero-order valence-electron chi connectivity index (χ0n) is 13.6. The number of hydrogen-bond donors (Lipinski definition) is 1. The Balaban J connectivity index is 2.04. The van der Waals surface area contributed by atoms with E-state index in [4.69, 9.17) is 9.47 Å². The van der Waals surface area contributed by atoms with Crippen LogP contribution in [0.1, 0.15) is 30.4 Å². The summed E-state index contributed by atoms with van der Waals surface area (Å²) in [6, 6.07) is 4.07. The van der Waals surface area contributed by atoms with Gasteiger partial charge in [-0.2, -0.15) is 0 Å². The van der Waals surface area contributed by atoms with Crippen LogP contribution < -0.4 is 9.47 Å². The van der Waals surface area contributed by atoms with Crippen LogP contribution in [0.15, 0.2) is 12.1 Å². The molecule has 2 atom stereocenters. The van der Waals surface area contributed by atoms with Gasteiger partial charge in [-0.05, 0) is 56.0 Å². The van der Waals surface area contributed by atoms with Gasteiger partial charge < -0.3 is 19.5 Å². The van der Waals surface area contributed by atoms with Crippen LogP contribution in [0.3, 0.4) is 0 Å². The minimum atomic E-state index is -0.126. The largest absolute Gasteiger partial charge is 0.493 e. The molecule has 0 aliphatic heterocycles. The van der Waals surface area contributed by atoms with E-state index in [2.05, 4.69) is 24.9 Å². The van der Waals surface area contributed by atoms with Crippen LogP contribution in [0.25, 0.3) is 0 Å². The Morgan fingerprint density at radius 2 is 1.86 bits per heavy atom. The first-order valence-electron chi connectivity index (χ1n) is 7.63. The highest BCUT2D eigenvalue weighted by molar-refractivity contribution is 5.47. The summed E-state index contributed by atoms with van der Waals surface area (Å²) in [6.07, 6.45) is 3.11. The summed E-state index contributed by atoms with van der Waals surface area (Å²) in [5, 5.41) is 9.95. The van der Waals surface area contributed by atoms with Crippen molar-refractivity contribution in [2.45, 2.75) is 38.8 Å². The van der Waals surface area contributed by atoms with Gasteiger partial charge >= 0.3 is 0 Å². The van der Waals surface area contributed by atoms with Gasteiger partial charge in [0, 0.05) is 13.1 Å². The van der Waals surface area contributed by atoms with Gasteiger partial charge in [0.15, 0.2) is 11.5 Å². The van der Waals surface area contributed by atoms with Crippen molar-refractivity contribution in [3.63, 3.8) is 0 Å². The van der Waals surface area contributed by atoms with Gasteiger partial charge in [0.2, 0.25) is 0 Å². The lowest BCUT2D eigenvalue weighted by atomic mass is 10.0. The normalized spacial score (nSPS) is 21.8. The summed E-state index contributed by atoms with van der Waals surface area (Å²) in [6.45, 7) is 3.89. The molecule has 1 N–H and O–H groups in total. The predicted octanol–water partition coefficient (Wildman–Crippen LogP) is 2.61. The zero-order chi connectivity index (χ0) is 15.4. The van der Waals surface area contributed by atoms with Gasteiger partial charge in [-0.1, -0.05) is 6.42 Å². The molecule has 4 nitrogen and oxygen atoms in total. The van der Waals surface area contributed by atoms with Crippen molar-refractivity contribution in [2.75, 3.05) is 27.8 Å². The summed E-state index contributed by atoms with van der Waals surface area (Å²) in [4.78, 5) is 2.29. The third-order valence-electron chi connectivity index (χ3n) is 4.45. The second-order valence-corrected chi connectivity index (χ2v) is 6.09. The van der Waals surface area contributed by atoms with Crippen molar-refractivity contribution >= 4 is 0 Å². The van der Waals surface area contributed by atoms with Gasteiger partial charge in [0.1, 0.15) is 0 Å². The Bertz CT molecular complexity index is 475. The fourth-order valence-electron chi connectivity index (χ4n) is 3.18. The minimum absolute atomic E-state index is 0.126. The zero-order valence-corrected chi connectivity index (χ0v) is 13.6. The highest BCUT2D eigenvalue weighted by atomic mass is 16.5. The quantitative estimate of drug-likeness (QED) is 0.875. The number of aliphatic hydroxyl groups is 1. The molecule has 4 heteroatoms. The molecule has 1 aliphatic carbocycles. The molecule has 118 valence electrons. The third kappa shape index (κ3) is 3.89. The van der Waals surface area contributed by atoms with Gasteiger partial charge in [-0.25, -0.2) is 0 Å². The predicted molar refractivity (Wildman–Crippen MR) is 84.0 cm³/mol. The number of aryl methyl sites for hydroxylation is 1. The van der Waals surface area contributed by atoms with Crippen molar-refractivity contribution < 1.29 is 14.6 Å². The monoisotopic (exact) mass is 293 g/mol. The molecule has 0 bridgehead atoms. The molecular weight excluding hydrogens is 266 g/mol. The van der Waals surface area contributed by atoms with Gasteiger partial charge in [0.25, 0.3) is 0 Å². The Labute approximate surface area is 127 Å². The number of nitrogens with zero attached hydrogens (tertiary/aromatic N) is 1. The molecule has 1 fully saturated rings. The Morgan fingerprint density at radius 1 is 1.19 bits per heavy atom. The number of benzene rings is 1. The molecule has 0 radical (unpaired) electrons. The maximum absolute atomic E-state index is 9.95. The smallest absolute Gasteiger partial charge is 0.161 e. The van der Waals surface area contributed by atoms with Gasteiger partial charge in [-0.15, -0.1) is 0 Å². The van der Waals surface area contributed by atoms with E-state index in [1.807, 2.05) is 6.07 Å². The van der Waals surface area contributed by atoms with Crippen LogP contribution in [0, 0.1) is 12.8 Å². The highest BCUT2D eigenvalue weighted by Gasteiger charge is 2.26. The van der Waals surface area contributed by atoms with Crippen molar-refractivity contribution in [3.8, 4) is 11.5 Å². The lowest BCUT2D eigenvalue weighted by Gasteiger charge is -2.24. The summed E-state index contributed by atoms with van der Waals surface area (Å²) in [5.74, 6) is 1.95. The fourth-order valence-corrected chi connectivity index (χ4v) is 3.18. The Morgan fingerprint density at radius 3 is 2.43 bits per heavy atom. The Kier molecular flexibility index (Phi) is 5.48. The minimum Gasteiger partial charge on any atom is -0.493 e. The standard InChI is InChI=1S/C17H27NO3/c1-12-8-16(20-3)17(21-4)9-14(12)11-18(2)10-13-6-5-7-15(13)19/h8-9,13,15,19H,5-7,10-11H2,1-4H3.